The van der Waals surface area contributed by atoms with Crippen molar-refractivity contribution < 1.29 is 9.18 Å². The molecular formula is C13H13FN4O. The van der Waals surface area contributed by atoms with Gasteiger partial charge in [-0.05, 0) is 25.1 Å². The monoisotopic (exact) mass is 260 g/mol. The Labute approximate surface area is 109 Å². The van der Waals surface area contributed by atoms with E-state index in [9.17, 15) is 9.18 Å². The molecule has 1 amide bonds. The fourth-order valence-electron chi connectivity index (χ4n) is 1.56. The number of nitrogens with zero attached hydrogens (tertiary/aromatic N) is 2. The molecule has 0 bridgehead atoms. The molecule has 2 rings (SSSR count). The van der Waals surface area contributed by atoms with Gasteiger partial charge >= 0.3 is 0 Å². The normalized spacial score (nSPS) is 10.0. The van der Waals surface area contributed by atoms with Crippen LogP contribution in [0.15, 0.2) is 36.8 Å². The van der Waals surface area contributed by atoms with E-state index in [1.165, 1.54) is 18.3 Å². The van der Waals surface area contributed by atoms with Gasteiger partial charge in [-0.25, -0.2) is 9.37 Å². The Bertz CT molecular complexity index is 571. The average molecular weight is 260 g/mol. The molecule has 0 spiro atoms. The Kier molecular flexibility index (Phi) is 4.02. The molecule has 6 heteroatoms. The summed E-state index contributed by atoms with van der Waals surface area (Å²) in [7, 11) is 0. The molecule has 0 aromatic carbocycles. The molecule has 5 nitrogen and oxygen atoms in total. The van der Waals surface area contributed by atoms with Crippen molar-refractivity contribution in [3.05, 3.63) is 48.2 Å². The number of carbonyl (C=O) groups excluding carboxylic acids is 1. The van der Waals surface area contributed by atoms with E-state index in [1.807, 2.05) is 6.92 Å². The fraction of sp³-hybridized carbons (Fsp3) is 0.154. The van der Waals surface area contributed by atoms with Crippen LogP contribution in [0.3, 0.4) is 0 Å². The molecule has 19 heavy (non-hydrogen) atoms. The van der Waals surface area contributed by atoms with Crippen LogP contribution in [-0.2, 0) is 0 Å². The van der Waals surface area contributed by atoms with Crippen molar-refractivity contribution >= 4 is 17.4 Å². The topological polar surface area (TPSA) is 66.9 Å². The number of rotatable bonds is 4. The SMILES string of the molecule is CCNc1cnccc1C(=O)Nc1ccc(F)cn1. The summed E-state index contributed by atoms with van der Waals surface area (Å²) in [5.41, 5.74) is 1.10. The van der Waals surface area contributed by atoms with Gasteiger partial charge in [0.05, 0.1) is 23.6 Å². The zero-order valence-electron chi connectivity index (χ0n) is 10.4. The first-order valence-corrected chi connectivity index (χ1v) is 5.81. The molecule has 0 unspecified atom stereocenters. The largest absolute Gasteiger partial charge is 0.383 e. The third-order valence-corrected chi connectivity index (χ3v) is 2.40. The van der Waals surface area contributed by atoms with E-state index in [1.54, 1.807) is 12.3 Å². The highest BCUT2D eigenvalue weighted by atomic mass is 19.1. The van der Waals surface area contributed by atoms with Gasteiger partial charge in [0.1, 0.15) is 11.6 Å². The van der Waals surface area contributed by atoms with E-state index < -0.39 is 5.82 Å². The lowest BCUT2D eigenvalue weighted by atomic mass is 10.2. The van der Waals surface area contributed by atoms with Gasteiger partial charge in [-0.1, -0.05) is 0 Å². The molecule has 0 atom stereocenters. The van der Waals surface area contributed by atoms with Gasteiger partial charge in [0.2, 0.25) is 0 Å². The Morgan fingerprint density at radius 2 is 2.16 bits per heavy atom. The van der Waals surface area contributed by atoms with E-state index in [-0.39, 0.29) is 5.91 Å². The zero-order chi connectivity index (χ0) is 13.7. The number of pyridine rings is 2. The number of amides is 1. The second-order valence-electron chi connectivity index (χ2n) is 3.77. The van der Waals surface area contributed by atoms with Crippen molar-refractivity contribution in [2.24, 2.45) is 0 Å². The molecule has 2 heterocycles. The predicted molar refractivity (Wildman–Crippen MR) is 70.5 cm³/mol. The smallest absolute Gasteiger partial charge is 0.259 e. The van der Waals surface area contributed by atoms with Crippen molar-refractivity contribution in [2.75, 3.05) is 17.2 Å². The summed E-state index contributed by atoms with van der Waals surface area (Å²) in [4.78, 5) is 19.8. The Hall–Kier alpha value is -2.50. The van der Waals surface area contributed by atoms with E-state index in [0.717, 1.165) is 6.20 Å². The van der Waals surface area contributed by atoms with Crippen molar-refractivity contribution in [3.63, 3.8) is 0 Å². The number of nitrogens with one attached hydrogen (secondary N) is 2. The van der Waals surface area contributed by atoms with Crippen LogP contribution in [0.2, 0.25) is 0 Å². The summed E-state index contributed by atoms with van der Waals surface area (Å²) in [6.45, 7) is 2.61. The molecule has 98 valence electrons. The highest BCUT2D eigenvalue weighted by Gasteiger charge is 2.11. The quantitative estimate of drug-likeness (QED) is 0.885. The molecule has 0 aliphatic rings. The summed E-state index contributed by atoms with van der Waals surface area (Å²) in [5, 5.41) is 5.65. The molecule has 2 N–H and O–H groups in total. The Morgan fingerprint density at radius 3 is 2.84 bits per heavy atom. The first-order chi connectivity index (χ1) is 9.20. The maximum atomic E-state index is 12.7. The maximum absolute atomic E-state index is 12.7. The molecule has 0 radical (unpaired) electrons. The van der Waals surface area contributed by atoms with Crippen LogP contribution in [0, 0.1) is 5.82 Å². The van der Waals surface area contributed by atoms with Gasteiger partial charge in [-0.2, -0.15) is 0 Å². The van der Waals surface area contributed by atoms with Crippen molar-refractivity contribution in [1.29, 1.82) is 0 Å². The van der Waals surface area contributed by atoms with Crippen LogP contribution < -0.4 is 10.6 Å². The number of aromatic nitrogens is 2. The second-order valence-corrected chi connectivity index (χ2v) is 3.77. The lowest BCUT2D eigenvalue weighted by Gasteiger charge is -2.09. The fourth-order valence-corrected chi connectivity index (χ4v) is 1.56. The van der Waals surface area contributed by atoms with Gasteiger partial charge < -0.3 is 10.6 Å². The standard InChI is InChI=1S/C13H13FN4O/c1-2-16-11-8-15-6-5-10(11)13(19)18-12-4-3-9(14)7-17-12/h3-8,16H,2H2,1H3,(H,17,18,19). The number of hydrogen-bond acceptors (Lipinski definition) is 4. The Morgan fingerprint density at radius 1 is 1.32 bits per heavy atom. The van der Waals surface area contributed by atoms with E-state index in [2.05, 4.69) is 20.6 Å². The van der Waals surface area contributed by atoms with E-state index in [0.29, 0.717) is 23.6 Å². The summed E-state index contributed by atoms with van der Waals surface area (Å²) in [5.74, 6) is -0.474. The molecule has 0 saturated heterocycles. The van der Waals surface area contributed by atoms with Crippen LogP contribution in [0.5, 0.6) is 0 Å². The minimum Gasteiger partial charge on any atom is -0.383 e. The van der Waals surface area contributed by atoms with Crippen molar-refractivity contribution in [3.8, 4) is 0 Å². The van der Waals surface area contributed by atoms with Gasteiger partial charge in [0.15, 0.2) is 0 Å². The Balaban J connectivity index is 2.18. The third-order valence-electron chi connectivity index (χ3n) is 2.40. The number of hydrogen-bond donors (Lipinski definition) is 2. The molecule has 0 aliphatic carbocycles. The van der Waals surface area contributed by atoms with Gasteiger partial charge in [0, 0.05) is 12.7 Å². The van der Waals surface area contributed by atoms with Crippen molar-refractivity contribution in [2.45, 2.75) is 6.92 Å². The highest BCUT2D eigenvalue weighted by molar-refractivity contribution is 6.07. The van der Waals surface area contributed by atoms with Crippen LogP contribution >= 0.6 is 0 Å². The van der Waals surface area contributed by atoms with Crippen LogP contribution in [-0.4, -0.2) is 22.4 Å². The van der Waals surface area contributed by atoms with Crippen molar-refractivity contribution in [1.82, 2.24) is 9.97 Å². The molecular weight excluding hydrogens is 247 g/mol. The molecule has 0 fully saturated rings. The number of carbonyl (C=O) groups is 1. The number of halogens is 1. The predicted octanol–water partition coefficient (Wildman–Crippen LogP) is 2.30. The first kappa shape index (κ1) is 12.9. The lowest BCUT2D eigenvalue weighted by Crippen LogP contribution is -2.15. The van der Waals surface area contributed by atoms with E-state index >= 15 is 0 Å². The van der Waals surface area contributed by atoms with Gasteiger partial charge in [-0.3, -0.25) is 9.78 Å². The third kappa shape index (κ3) is 3.25. The highest BCUT2D eigenvalue weighted by Crippen LogP contribution is 2.15. The van der Waals surface area contributed by atoms with Crippen LogP contribution in [0.4, 0.5) is 15.9 Å². The van der Waals surface area contributed by atoms with Gasteiger partial charge in [-0.15, -0.1) is 0 Å². The zero-order valence-corrected chi connectivity index (χ0v) is 10.4. The summed E-state index contributed by atoms with van der Waals surface area (Å²) < 4.78 is 12.7. The minimum absolute atomic E-state index is 0.297. The summed E-state index contributed by atoms with van der Waals surface area (Å²) >= 11 is 0. The summed E-state index contributed by atoms with van der Waals surface area (Å²) in [6.07, 6.45) is 4.16. The van der Waals surface area contributed by atoms with Gasteiger partial charge in [0.25, 0.3) is 5.91 Å². The average Bonchev–Trinajstić information content (AvgIpc) is 2.42. The molecule has 2 aromatic rings. The lowest BCUT2D eigenvalue weighted by molar-refractivity contribution is 0.102. The minimum atomic E-state index is -0.449. The van der Waals surface area contributed by atoms with Crippen LogP contribution in [0.1, 0.15) is 17.3 Å². The summed E-state index contributed by atoms with van der Waals surface area (Å²) in [6, 6.07) is 4.25. The maximum Gasteiger partial charge on any atom is 0.259 e. The second kappa shape index (κ2) is 5.90. The molecule has 2 aromatic heterocycles. The number of anilines is 2. The molecule has 0 aliphatic heterocycles. The van der Waals surface area contributed by atoms with E-state index in [4.69, 9.17) is 0 Å². The van der Waals surface area contributed by atoms with Crippen LogP contribution in [0.25, 0.3) is 0 Å². The molecule has 0 saturated carbocycles. The first-order valence-electron chi connectivity index (χ1n) is 5.81.